The summed E-state index contributed by atoms with van der Waals surface area (Å²) in [7, 11) is 0. The van der Waals surface area contributed by atoms with Crippen LogP contribution in [-0.4, -0.2) is 6.04 Å². The van der Waals surface area contributed by atoms with Gasteiger partial charge >= 0.3 is 0 Å². The summed E-state index contributed by atoms with van der Waals surface area (Å²) in [6, 6.07) is 5.88. The maximum atomic E-state index is 13.6. The zero-order valence-electron chi connectivity index (χ0n) is 11.7. The van der Waals surface area contributed by atoms with Crippen LogP contribution in [0.15, 0.2) is 18.2 Å². The maximum absolute atomic E-state index is 13.6. The first-order valence-electron chi connectivity index (χ1n) is 7.03. The largest absolute Gasteiger partial charge is 0.310 e. The Morgan fingerprint density at radius 3 is 2.50 bits per heavy atom. The van der Waals surface area contributed by atoms with Gasteiger partial charge in [-0.25, -0.2) is 4.39 Å². The van der Waals surface area contributed by atoms with Crippen LogP contribution >= 0.6 is 0 Å². The lowest BCUT2D eigenvalue weighted by Gasteiger charge is -2.32. The molecule has 0 spiro atoms. The van der Waals surface area contributed by atoms with Crippen molar-refractivity contribution in [1.82, 2.24) is 5.32 Å². The molecule has 0 aromatic heterocycles. The minimum absolute atomic E-state index is 0.0926. The van der Waals surface area contributed by atoms with Crippen LogP contribution in [0.25, 0.3) is 0 Å². The SMILES string of the molecule is Cc1ccc(F)c(CNC2CC(C)CC(C)C2)c1. The third-order valence-corrected chi connectivity index (χ3v) is 3.96. The Morgan fingerprint density at radius 2 is 1.83 bits per heavy atom. The Bertz CT molecular complexity index is 392. The van der Waals surface area contributed by atoms with E-state index in [1.165, 1.54) is 19.3 Å². The van der Waals surface area contributed by atoms with Crippen LogP contribution in [-0.2, 0) is 6.54 Å². The molecule has 0 radical (unpaired) electrons. The van der Waals surface area contributed by atoms with Crippen LogP contribution in [0.1, 0.15) is 44.2 Å². The number of hydrogen-bond donors (Lipinski definition) is 1. The molecule has 2 rings (SSSR count). The van der Waals surface area contributed by atoms with E-state index in [9.17, 15) is 4.39 Å². The number of rotatable bonds is 3. The van der Waals surface area contributed by atoms with Crippen molar-refractivity contribution in [2.45, 2.75) is 52.6 Å². The number of halogens is 1. The molecule has 18 heavy (non-hydrogen) atoms. The predicted octanol–water partition coefficient (Wildman–Crippen LogP) is 4.05. The molecule has 0 bridgehead atoms. The zero-order valence-corrected chi connectivity index (χ0v) is 11.7. The summed E-state index contributed by atoms with van der Waals surface area (Å²) in [4.78, 5) is 0. The zero-order chi connectivity index (χ0) is 13.1. The van der Waals surface area contributed by atoms with Crippen molar-refractivity contribution in [3.05, 3.63) is 35.1 Å². The van der Waals surface area contributed by atoms with Crippen LogP contribution in [0.5, 0.6) is 0 Å². The van der Waals surface area contributed by atoms with Gasteiger partial charge in [-0.2, -0.15) is 0 Å². The van der Waals surface area contributed by atoms with Crippen molar-refractivity contribution < 1.29 is 4.39 Å². The fourth-order valence-corrected chi connectivity index (χ4v) is 3.21. The minimum atomic E-state index is -0.0926. The highest BCUT2D eigenvalue weighted by atomic mass is 19.1. The van der Waals surface area contributed by atoms with Crippen molar-refractivity contribution in [2.24, 2.45) is 11.8 Å². The van der Waals surface area contributed by atoms with Crippen molar-refractivity contribution >= 4 is 0 Å². The summed E-state index contributed by atoms with van der Waals surface area (Å²) in [5.74, 6) is 1.48. The van der Waals surface area contributed by atoms with Gasteiger partial charge in [-0.15, -0.1) is 0 Å². The molecule has 0 saturated heterocycles. The first-order valence-corrected chi connectivity index (χ1v) is 7.03. The summed E-state index contributed by atoms with van der Waals surface area (Å²) in [6.45, 7) is 7.29. The fourth-order valence-electron chi connectivity index (χ4n) is 3.21. The molecule has 2 atom stereocenters. The molecule has 1 N–H and O–H groups in total. The molecule has 1 aliphatic rings. The highest BCUT2D eigenvalue weighted by Crippen LogP contribution is 2.28. The van der Waals surface area contributed by atoms with E-state index in [-0.39, 0.29) is 5.82 Å². The van der Waals surface area contributed by atoms with E-state index < -0.39 is 0 Å². The second-order valence-electron chi connectivity index (χ2n) is 6.09. The van der Waals surface area contributed by atoms with Gasteiger partial charge in [-0.05, 0) is 44.1 Å². The third-order valence-electron chi connectivity index (χ3n) is 3.96. The Balaban J connectivity index is 1.92. The Morgan fingerprint density at radius 1 is 1.17 bits per heavy atom. The average molecular weight is 249 g/mol. The van der Waals surface area contributed by atoms with Crippen molar-refractivity contribution in [1.29, 1.82) is 0 Å². The van der Waals surface area contributed by atoms with Crippen LogP contribution in [0.2, 0.25) is 0 Å². The van der Waals surface area contributed by atoms with Gasteiger partial charge in [-0.1, -0.05) is 31.5 Å². The van der Waals surface area contributed by atoms with E-state index in [4.69, 9.17) is 0 Å². The maximum Gasteiger partial charge on any atom is 0.127 e. The van der Waals surface area contributed by atoms with Crippen LogP contribution in [0.3, 0.4) is 0 Å². The smallest absolute Gasteiger partial charge is 0.127 e. The third kappa shape index (κ3) is 3.55. The lowest BCUT2D eigenvalue weighted by Crippen LogP contribution is -2.36. The van der Waals surface area contributed by atoms with Gasteiger partial charge in [0.1, 0.15) is 5.82 Å². The number of hydrogen-bond acceptors (Lipinski definition) is 1. The highest BCUT2D eigenvalue weighted by Gasteiger charge is 2.23. The molecule has 1 fully saturated rings. The second-order valence-corrected chi connectivity index (χ2v) is 6.09. The lowest BCUT2D eigenvalue weighted by molar-refractivity contribution is 0.237. The molecule has 100 valence electrons. The number of nitrogens with one attached hydrogen (secondary N) is 1. The number of benzene rings is 1. The molecular formula is C16H24FN. The van der Waals surface area contributed by atoms with Crippen LogP contribution in [0, 0.1) is 24.6 Å². The monoisotopic (exact) mass is 249 g/mol. The molecule has 0 amide bonds. The van der Waals surface area contributed by atoms with Gasteiger partial charge in [0.05, 0.1) is 0 Å². The second kappa shape index (κ2) is 5.83. The van der Waals surface area contributed by atoms with Crippen molar-refractivity contribution in [3.63, 3.8) is 0 Å². The first-order chi connectivity index (χ1) is 8.54. The number of aryl methyl sites for hydroxylation is 1. The molecule has 1 aromatic carbocycles. The van der Waals surface area contributed by atoms with Gasteiger partial charge in [0.25, 0.3) is 0 Å². The minimum Gasteiger partial charge on any atom is -0.310 e. The molecule has 1 saturated carbocycles. The summed E-state index contributed by atoms with van der Waals surface area (Å²) >= 11 is 0. The molecule has 2 unspecified atom stereocenters. The molecule has 1 nitrogen and oxygen atoms in total. The summed E-state index contributed by atoms with van der Waals surface area (Å²) in [5, 5.41) is 3.53. The molecule has 0 aliphatic heterocycles. The van der Waals surface area contributed by atoms with E-state index in [0.29, 0.717) is 12.6 Å². The van der Waals surface area contributed by atoms with E-state index in [1.54, 1.807) is 6.07 Å². The van der Waals surface area contributed by atoms with Gasteiger partial charge in [-0.3, -0.25) is 0 Å². The summed E-state index contributed by atoms with van der Waals surface area (Å²) in [6.07, 6.45) is 3.77. The van der Waals surface area contributed by atoms with E-state index in [2.05, 4.69) is 19.2 Å². The quantitative estimate of drug-likeness (QED) is 0.852. The van der Waals surface area contributed by atoms with Gasteiger partial charge in [0.2, 0.25) is 0 Å². The molecule has 0 heterocycles. The van der Waals surface area contributed by atoms with E-state index in [1.807, 2.05) is 19.1 Å². The van der Waals surface area contributed by atoms with Gasteiger partial charge in [0.15, 0.2) is 0 Å². The van der Waals surface area contributed by atoms with Crippen LogP contribution < -0.4 is 5.32 Å². The Hall–Kier alpha value is -0.890. The Kier molecular flexibility index (Phi) is 4.39. The molecule has 1 aliphatic carbocycles. The summed E-state index contributed by atoms with van der Waals surface area (Å²) in [5.41, 5.74) is 1.92. The molecule has 2 heteroatoms. The van der Waals surface area contributed by atoms with Crippen LogP contribution in [0.4, 0.5) is 4.39 Å². The van der Waals surface area contributed by atoms with E-state index in [0.717, 1.165) is 23.0 Å². The topological polar surface area (TPSA) is 12.0 Å². The Labute approximate surface area is 110 Å². The molecular weight excluding hydrogens is 225 g/mol. The highest BCUT2D eigenvalue weighted by molar-refractivity contribution is 5.23. The average Bonchev–Trinajstić information content (AvgIpc) is 2.29. The van der Waals surface area contributed by atoms with Crippen molar-refractivity contribution in [2.75, 3.05) is 0 Å². The predicted molar refractivity (Wildman–Crippen MR) is 73.9 cm³/mol. The van der Waals surface area contributed by atoms with Gasteiger partial charge in [0, 0.05) is 18.2 Å². The lowest BCUT2D eigenvalue weighted by atomic mass is 9.80. The standard InChI is InChI=1S/C16H24FN/c1-11-4-5-16(17)14(7-11)10-18-15-8-12(2)6-13(3)9-15/h4-5,7,12-13,15,18H,6,8-10H2,1-3H3. The summed E-state index contributed by atoms with van der Waals surface area (Å²) < 4.78 is 13.6. The van der Waals surface area contributed by atoms with Crippen molar-refractivity contribution in [3.8, 4) is 0 Å². The van der Waals surface area contributed by atoms with Gasteiger partial charge < -0.3 is 5.32 Å². The molecule has 1 aromatic rings. The fraction of sp³-hybridized carbons (Fsp3) is 0.625. The van der Waals surface area contributed by atoms with E-state index >= 15 is 0 Å². The normalized spacial score (nSPS) is 28.3. The first kappa shape index (κ1) is 13.5.